The Morgan fingerprint density at radius 1 is 1.56 bits per heavy atom. The van der Waals surface area contributed by atoms with Gasteiger partial charge in [0, 0.05) is 18.3 Å². The van der Waals surface area contributed by atoms with E-state index in [-0.39, 0.29) is 11.3 Å². The van der Waals surface area contributed by atoms with Gasteiger partial charge in [0.2, 0.25) is 11.8 Å². The van der Waals surface area contributed by atoms with Gasteiger partial charge in [0.25, 0.3) is 0 Å². The van der Waals surface area contributed by atoms with Gasteiger partial charge in [-0.15, -0.1) is 0 Å². The number of nitrogens with one attached hydrogen (secondary N) is 1. The highest BCUT2D eigenvalue weighted by Gasteiger charge is 2.27. The fraction of sp³-hybridized carbons (Fsp3) is 0.538. The number of nitrogens with zero attached hydrogens (tertiary/aromatic N) is 1. The first-order valence-corrected chi connectivity index (χ1v) is 5.87. The third-order valence-electron chi connectivity index (χ3n) is 2.71. The molecule has 0 aliphatic heterocycles. The molecule has 0 aromatic carbocycles. The van der Waals surface area contributed by atoms with Crippen molar-refractivity contribution in [2.45, 2.75) is 33.4 Å². The third-order valence-corrected chi connectivity index (χ3v) is 2.71. The molecule has 0 spiro atoms. The van der Waals surface area contributed by atoms with E-state index in [1.807, 2.05) is 26.8 Å². The molecule has 100 valence electrons. The molecule has 1 heterocycles. The molecule has 0 unspecified atom stereocenters. The molecule has 5 heteroatoms. The third kappa shape index (κ3) is 3.70. The molecule has 1 rings (SSSR count). The average molecular weight is 251 g/mol. The van der Waals surface area contributed by atoms with Gasteiger partial charge in [-0.25, -0.2) is 4.98 Å². The lowest BCUT2D eigenvalue weighted by Crippen LogP contribution is -2.48. The summed E-state index contributed by atoms with van der Waals surface area (Å²) in [5.41, 5.74) is 6.44. The monoisotopic (exact) mass is 251 g/mol. The number of ether oxygens (including phenoxy) is 1. The Balaban J connectivity index is 2.63. The minimum absolute atomic E-state index is 0.173. The number of rotatable bonds is 4. The molecule has 0 bridgehead atoms. The molecule has 1 amide bonds. The highest BCUT2D eigenvalue weighted by atomic mass is 16.5. The minimum Gasteiger partial charge on any atom is -0.481 e. The van der Waals surface area contributed by atoms with Crippen LogP contribution in [0.4, 0.5) is 0 Å². The Hall–Kier alpha value is -1.62. The summed E-state index contributed by atoms with van der Waals surface area (Å²) in [5, 5.41) is 2.80. The number of hydrogen-bond donors (Lipinski definition) is 2. The molecule has 18 heavy (non-hydrogen) atoms. The number of carbonyl (C=O) groups is 1. The van der Waals surface area contributed by atoms with E-state index in [0.29, 0.717) is 12.4 Å². The van der Waals surface area contributed by atoms with Crippen molar-refractivity contribution >= 4 is 5.91 Å². The lowest BCUT2D eigenvalue weighted by molar-refractivity contribution is -0.124. The van der Waals surface area contributed by atoms with Crippen LogP contribution in [0.25, 0.3) is 0 Å². The van der Waals surface area contributed by atoms with E-state index in [0.717, 1.165) is 5.56 Å². The van der Waals surface area contributed by atoms with Gasteiger partial charge in [-0.2, -0.15) is 0 Å². The smallest absolute Gasteiger partial charge is 0.237 e. The first-order chi connectivity index (χ1) is 8.36. The van der Waals surface area contributed by atoms with Crippen LogP contribution in [0.5, 0.6) is 5.88 Å². The fourth-order valence-electron chi connectivity index (χ4n) is 1.43. The van der Waals surface area contributed by atoms with Crippen LogP contribution in [0, 0.1) is 5.41 Å². The van der Waals surface area contributed by atoms with Crippen LogP contribution in [0.3, 0.4) is 0 Å². The van der Waals surface area contributed by atoms with Gasteiger partial charge in [0.1, 0.15) is 0 Å². The highest BCUT2D eigenvalue weighted by Crippen LogP contribution is 2.18. The normalized spacial score (nSPS) is 12.9. The summed E-state index contributed by atoms with van der Waals surface area (Å²) in [4.78, 5) is 15.9. The number of methoxy groups -OCH3 is 1. The summed E-state index contributed by atoms with van der Waals surface area (Å²) in [6.07, 6.45) is 1.64. The summed E-state index contributed by atoms with van der Waals surface area (Å²) < 4.78 is 5.11. The highest BCUT2D eigenvalue weighted by molar-refractivity contribution is 5.82. The standard InChI is InChI=1S/C13H21N3O2/c1-13(2,3)10(14)11(17)16-8-9-6-5-7-15-12(9)18-4/h5-7,10H,8,14H2,1-4H3,(H,16,17)/t10-/m0/s1. The maximum atomic E-state index is 11.9. The zero-order valence-electron chi connectivity index (χ0n) is 11.4. The van der Waals surface area contributed by atoms with E-state index >= 15 is 0 Å². The SMILES string of the molecule is COc1ncccc1CNC(=O)[C@H](N)C(C)(C)C. The molecule has 0 fully saturated rings. The van der Waals surface area contributed by atoms with Crippen LogP contribution in [-0.2, 0) is 11.3 Å². The summed E-state index contributed by atoms with van der Waals surface area (Å²) in [7, 11) is 1.55. The molecule has 5 nitrogen and oxygen atoms in total. The van der Waals surface area contributed by atoms with Crippen molar-refractivity contribution in [2.75, 3.05) is 7.11 Å². The first-order valence-electron chi connectivity index (χ1n) is 5.87. The van der Waals surface area contributed by atoms with Crippen molar-refractivity contribution in [1.82, 2.24) is 10.3 Å². The fourth-order valence-corrected chi connectivity index (χ4v) is 1.43. The summed E-state index contributed by atoms with van der Waals surface area (Å²) in [5.74, 6) is 0.343. The lowest BCUT2D eigenvalue weighted by atomic mass is 9.87. The predicted molar refractivity (Wildman–Crippen MR) is 70.1 cm³/mol. The first kappa shape index (κ1) is 14.4. The van der Waals surface area contributed by atoms with Gasteiger partial charge in [-0.3, -0.25) is 4.79 Å². The molecule has 0 saturated carbocycles. The number of pyridine rings is 1. The van der Waals surface area contributed by atoms with E-state index in [1.165, 1.54) is 0 Å². The van der Waals surface area contributed by atoms with Gasteiger partial charge in [-0.1, -0.05) is 26.8 Å². The summed E-state index contributed by atoms with van der Waals surface area (Å²) >= 11 is 0. The van der Waals surface area contributed by atoms with E-state index < -0.39 is 6.04 Å². The van der Waals surface area contributed by atoms with Crippen LogP contribution < -0.4 is 15.8 Å². The van der Waals surface area contributed by atoms with Crippen molar-refractivity contribution in [2.24, 2.45) is 11.1 Å². The van der Waals surface area contributed by atoms with Gasteiger partial charge in [0.05, 0.1) is 13.2 Å². The average Bonchev–Trinajstić information content (AvgIpc) is 2.34. The lowest BCUT2D eigenvalue weighted by Gasteiger charge is -2.25. The van der Waals surface area contributed by atoms with E-state index in [2.05, 4.69) is 10.3 Å². The minimum atomic E-state index is -0.542. The maximum absolute atomic E-state index is 11.9. The second-order valence-corrected chi connectivity index (χ2v) is 5.23. The van der Waals surface area contributed by atoms with E-state index in [4.69, 9.17) is 10.5 Å². The van der Waals surface area contributed by atoms with Crippen LogP contribution >= 0.6 is 0 Å². The molecule has 1 atom stereocenters. The number of amides is 1. The quantitative estimate of drug-likeness (QED) is 0.839. The number of carbonyl (C=O) groups excluding carboxylic acids is 1. The van der Waals surface area contributed by atoms with Crippen molar-refractivity contribution < 1.29 is 9.53 Å². The molecule has 1 aromatic rings. The number of hydrogen-bond acceptors (Lipinski definition) is 4. The van der Waals surface area contributed by atoms with E-state index in [9.17, 15) is 4.79 Å². The zero-order valence-corrected chi connectivity index (χ0v) is 11.4. The Kier molecular flexibility index (Phi) is 4.67. The summed E-state index contributed by atoms with van der Waals surface area (Å²) in [6.45, 7) is 6.16. The Morgan fingerprint density at radius 2 is 2.22 bits per heavy atom. The molecular weight excluding hydrogens is 230 g/mol. The molecular formula is C13H21N3O2. The molecule has 0 saturated heterocycles. The van der Waals surface area contributed by atoms with Crippen molar-refractivity contribution in [3.8, 4) is 5.88 Å². The Bertz CT molecular complexity index is 413. The Morgan fingerprint density at radius 3 is 2.78 bits per heavy atom. The van der Waals surface area contributed by atoms with Gasteiger partial charge >= 0.3 is 0 Å². The van der Waals surface area contributed by atoms with Gasteiger partial charge in [-0.05, 0) is 11.5 Å². The molecule has 0 aliphatic rings. The topological polar surface area (TPSA) is 77.2 Å². The molecule has 1 aromatic heterocycles. The van der Waals surface area contributed by atoms with Crippen LogP contribution in [0.1, 0.15) is 26.3 Å². The van der Waals surface area contributed by atoms with Crippen LogP contribution in [0.2, 0.25) is 0 Å². The Labute approximate surface area is 108 Å². The second kappa shape index (κ2) is 5.82. The number of nitrogens with two attached hydrogens (primary N) is 1. The second-order valence-electron chi connectivity index (χ2n) is 5.23. The zero-order chi connectivity index (χ0) is 13.8. The van der Waals surface area contributed by atoms with Gasteiger partial charge < -0.3 is 15.8 Å². The van der Waals surface area contributed by atoms with Crippen molar-refractivity contribution in [3.63, 3.8) is 0 Å². The van der Waals surface area contributed by atoms with Crippen molar-refractivity contribution in [1.29, 1.82) is 0 Å². The molecule has 0 radical (unpaired) electrons. The van der Waals surface area contributed by atoms with Crippen molar-refractivity contribution in [3.05, 3.63) is 23.9 Å². The molecule has 0 aliphatic carbocycles. The number of aromatic nitrogens is 1. The predicted octanol–water partition coefficient (Wildman–Crippen LogP) is 1.08. The van der Waals surface area contributed by atoms with Crippen LogP contribution in [0.15, 0.2) is 18.3 Å². The van der Waals surface area contributed by atoms with Gasteiger partial charge in [0.15, 0.2) is 0 Å². The maximum Gasteiger partial charge on any atom is 0.237 e. The van der Waals surface area contributed by atoms with Crippen LogP contribution in [-0.4, -0.2) is 24.0 Å². The summed E-state index contributed by atoms with van der Waals surface area (Å²) in [6, 6.07) is 3.11. The largest absolute Gasteiger partial charge is 0.481 e. The van der Waals surface area contributed by atoms with E-state index in [1.54, 1.807) is 19.4 Å². The molecule has 3 N–H and O–H groups in total.